The van der Waals surface area contributed by atoms with Gasteiger partial charge in [-0.1, -0.05) is 185 Å². The van der Waals surface area contributed by atoms with Gasteiger partial charge in [0, 0.05) is 32.9 Å². The van der Waals surface area contributed by atoms with Crippen molar-refractivity contribution in [3.8, 4) is 44.5 Å². The van der Waals surface area contributed by atoms with Crippen LogP contribution < -0.4 is 11.1 Å². The van der Waals surface area contributed by atoms with Crippen LogP contribution in [0.1, 0.15) is 49.9 Å². The first-order valence-electron chi connectivity index (χ1n) is 19.6. The summed E-state index contributed by atoms with van der Waals surface area (Å²) in [4.78, 5) is 0. The molecule has 0 saturated heterocycles. The molecule has 8 aromatic carbocycles. The first kappa shape index (κ1) is 37.6. The molecule has 280 valence electrons. The van der Waals surface area contributed by atoms with Crippen LogP contribution in [0.3, 0.4) is 0 Å². The fourth-order valence-corrected chi connectivity index (χ4v) is 8.48. The van der Waals surface area contributed by atoms with E-state index in [4.69, 9.17) is 17.3 Å². The maximum absolute atomic E-state index is 6.09. The molecule has 3 heteroatoms. The van der Waals surface area contributed by atoms with Crippen LogP contribution in [-0.4, -0.2) is 0 Å². The highest BCUT2D eigenvalue weighted by Gasteiger charge is 2.36. The lowest BCUT2D eigenvalue weighted by atomic mass is 9.82. The molecule has 0 unspecified atom stereocenters. The molecular formula is C54H47ClN2. The fraction of sp³-hybridized carbons (Fsp3) is 0.111. The van der Waals surface area contributed by atoms with Gasteiger partial charge >= 0.3 is 0 Å². The van der Waals surface area contributed by atoms with E-state index in [9.17, 15) is 0 Å². The van der Waals surface area contributed by atoms with E-state index >= 15 is 0 Å². The van der Waals surface area contributed by atoms with E-state index in [1.807, 2.05) is 54.6 Å². The van der Waals surface area contributed by atoms with Crippen molar-refractivity contribution in [2.24, 2.45) is 0 Å². The summed E-state index contributed by atoms with van der Waals surface area (Å²) >= 11 is 6.09. The summed E-state index contributed by atoms with van der Waals surface area (Å²) in [6, 6.07) is 67.6. The monoisotopic (exact) mass is 758 g/mol. The minimum absolute atomic E-state index is 0.0286. The van der Waals surface area contributed by atoms with Gasteiger partial charge in [0.25, 0.3) is 0 Å². The Hall–Kier alpha value is -6.35. The van der Waals surface area contributed by atoms with Crippen molar-refractivity contribution in [1.29, 1.82) is 0 Å². The number of fused-ring (bicyclic) bond motifs is 6. The summed E-state index contributed by atoms with van der Waals surface area (Å²) in [5, 5.41) is 4.40. The third kappa shape index (κ3) is 7.62. The van der Waals surface area contributed by atoms with Crippen molar-refractivity contribution in [3.05, 3.63) is 221 Å². The number of rotatable bonds is 4. The van der Waals surface area contributed by atoms with E-state index in [0.29, 0.717) is 0 Å². The van der Waals surface area contributed by atoms with Gasteiger partial charge in [-0.05, 0) is 115 Å². The Morgan fingerprint density at radius 3 is 1.28 bits per heavy atom. The molecule has 0 saturated carbocycles. The maximum Gasteiger partial charge on any atom is 0.0409 e. The molecule has 3 N–H and O–H groups in total. The molecule has 0 radical (unpaired) electrons. The Bertz CT molecular complexity index is 2640. The highest BCUT2D eigenvalue weighted by molar-refractivity contribution is 6.30. The molecular weight excluding hydrogens is 712 g/mol. The standard InChI is InChI=1S/C27H23N.C15H13Cl.C12H11N/c1-27(2)25-11-7-6-10-23(25)24-17-16-22(18-26(24)27)28-21-14-12-20(13-15-21)19-8-4-3-5-9-19;1-15(2)13-6-4-3-5-11(13)12-8-7-10(16)9-14(12)15;13-12-8-6-11(7-9-12)10-4-2-1-3-5-10/h3-18,28H,1-2H3;3-9H,1-2H3;1-9H,13H2. The Morgan fingerprint density at radius 1 is 0.368 bits per heavy atom. The minimum atomic E-state index is 0.0286. The number of benzene rings is 8. The zero-order valence-corrected chi connectivity index (χ0v) is 33.7. The molecule has 2 nitrogen and oxygen atoms in total. The van der Waals surface area contributed by atoms with E-state index in [0.717, 1.165) is 22.1 Å². The largest absolute Gasteiger partial charge is 0.399 e. The fourth-order valence-electron chi connectivity index (χ4n) is 8.31. The molecule has 0 spiro atoms. The molecule has 8 aromatic rings. The zero-order chi connectivity index (χ0) is 39.6. The van der Waals surface area contributed by atoms with Crippen LogP contribution >= 0.6 is 11.6 Å². The second kappa shape index (κ2) is 15.7. The second-order valence-electron chi connectivity index (χ2n) is 15.8. The lowest BCUT2D eigenvalue weighted by molar-refractivity contribution is 0.660. The number of nitrogens with one attached hydrogen (secondary N) is 1. The van der Waals surface area contributed by atoms with Crippen LogP contribution in [0.5, 0.6) is 0 Å². The van der Waals surface area contributed by atoms with Crippen LogP contribution in [0.25, 0.3) is 44.5 Å². The maximum atomic E-state index is 6.09. The number of nitrogens with two attached hydrogens (primary N) is 1. The van der Waals surface area contributed by atoms with Gasteiger partial charge in [-0.2, -0.15) is 0 Å². The summed E-state index contributed by atoms with van der Waals surface area (Å²) in [7, 11) is 0. The van der Waals surface area contributed by atoms with Crippen LogP contribution in [0.2, 0.25) is 5.02 Å². The van der Waals surface area contributed by atoms with Crippen molar-refractivity contribution in [1.82, 2.24) is 0 Å². The molecule has 2 aliphatic rings. The minimum Gasteiger partial charge on any atom is -0.399 e. The average molecular weight is 759 g/mol. The van der Waals surface area contributed by atoms with Crippen LogP contribution in [0.15, 0.2) is 194 Å². The number of anilines is 3. The number of hydrogen-bond donors (Lipinski definition) is 2. The quantitative estimate of drug-likeness (QED) is 0.175. The number of nitrogen functional groups attached to an aromatic ring is 1. The lowest BCUT2D eigenvalue weighted by Gasteiger charge is -2.22. The Kier molecular flexibility index (Phi) is 10.3. The first-order chi connectivity index (χ1) is 27.6. The molecule has 0 amide bonds. The normalized spacial score (nSPS) is 13.4. The van der Waals surface area contributed by atoms with Crippen LogP contribution in [-0.2, 0) is 10.8 Å². The third-order valence-electron chi connectivity index (χ3n) is 11.4. The smallest absolute Gasteiger partial charge is 0.0409 e. The molecule has 57 heavy (non-hydrogen) atoms. The molecule has 0 aromatic heterocycles. The van der Waals surface area contributed by atoms with Gasteiger partial charge in [0.2, 0.25) is 0 Å². The summed E-state index contributed by atoms with van der Waals surface area (Å²) in [6.45, 7) is 9.15. The van der Waals surface area contributed by atoms with Crippen LogP contribution in [0.4, 0.5) is 17.1 Å². The summed E-state index contributed by atoms with van der Waals surface area (Å²) < 4.78 is 0. The van der Waals surface area contributed by atoms with Gasteiger partial charge in [-0.15, -0.1) is 0 Å². The summed E-state index contributed by atoms with van der Waals surface area (Å²) in [6.07, 6.45) is 0. The predicted octanol–water partition coefficient (Wildman–Crippen LogP) is 15.0. The van der Waals surface area contributed by atoms with Crippen molar-refractivity contribution in [3.63, 3.8) is 0 Å². The molecule has 0 aliphatic heterocycles. The van der Waals surface area contributed by atoms with E-state index in [1.54, 1.807) is 0 Å². The molecule has 2 aliphatic carbocycles. The predicted molar refractivity (Wildman–Crippen MR) is 244 cm³/mol. The molecule has 0 heterocycles. The summed E-state index contributed by atoms with van der Waals surface area (Å²) in [5.41, 5.74) is 24.6. The van der Waals surface area contributed by atoms with Gasteiger partial charge in [0.05, 0.1) is 0 Å². The topological polar surface area (TPSA) is 38.0 Å². The van der Waals surface area contributed by atoms with Crippen molar-refractivity contribution in [2.75, 3.05) is 11.1 Å². The first-order valence-corrected chi connectivity index (χ1v) is 20.0. The average Bonchev–Trinajstić information content (AvgIpc) is 3.61. The summed E-state index contributed by atoms with van der Waals surface area (Å²) in [5.74, 6) is 0. The van der Waals surface area contributed by atoms with E-state index in [2.05, 4.69) is 173 Å². The molecule has 0 bridgehead atoms. The van der Waals surface area contributed by atoms with Gasteiger partial charge in [0.15, 0.2) is 0 Å². The van der Waals surface area contributed by atoms with E-state index in [-0.39, 0.29) is 10.8 Å². The van der Waals surface area contributed by atoms with Gasteiger partial charge in [0.1, 0.15) is 0 Å². The Balaban J connectivity index is 0.000000132. The van der Waals surface area contributed by atoms with Gasteiger partial charge in [-0.3, -0.25) is 0 Å². The molecule has 0 atom stereocenters. The van der Waals surface area contributed by atoms with Crippen LogP contribution in [0, 0.1) is 0 Å². The Labute approximate surface area is 342 Å². The van der Waals surface area contributed by atoms with Gasteiger partial charge < -0.3 is 11.1 Å². The number of halogens is 1. The van der Waals surface area contributed by atoms with E-state index < -0.39 is 0 Å². The Morgan fingerprint density at radius 2 is 0.754 bits per heavy atom. The lowest BCUT2D eigenvalue weighted by Crippen LogP contribution is -2.15. The molecule has 0 fully saturated rings. The van der Waals surface area contributed by atoms with Crippen molar-refractivity contribution >= 4 is 28.7 Å². The highest BCUT2D eigenvalue weighted by Crippen LogP contribution is 2.50. The van der Waals surface area contributed by atoms with Crippen molar-refractivity contribution in [2.45, 2.75) is 38.5 Å². The second-order valence-corrected chi connectivity index (χ2v) is 16.3. The number of hydrogen-bond acceptors (Lipinski definition) is 2. The van der Waals surface area contributed by atoms with E-state index in [1.165, 1.54) is 66.8 Å². The SMILES string of the molecule is CC1(C)c2ccccc2-c2ccc(Cl)cc21.CC1(C)c2ccccc2-c2ccc(Nc3ccc(-c4ccccc4)cc3)cc21.Nc1ccc(-c2ccccc2)cc1. The van der Waals surface area contributed by atoms with Gasteiger partial charge in [-0.25, -0.2) is 0 Å². The molecule has 10 rings (SSSR count). The highest BCUT2D eigenvalue weighted by atomic mass is 35.5. The van der Waals surface area contributed by atoms with Crippen molar-refractivity contribution < 1.29 is 0 Å². The third-order valence-corrected chi connectivity index (χ3v) is 11.7. The zero-order valence-electron chi connectivity index (χ0n) is 32.9.